The molecule has 1 heterocycles. The van der Waals surface area contributed by atoms with Crippen molar-refractivity contribution in [2.24, 2.45) is 7.05 Å². The first kappa shape index (κ1) is 17.2. The van der Waals surface area contributed by atoms with E-state index in [2.05, 4.69) is 26.2 Å². The number of carbonyl (C=O) groups is 1. The van der Waals surface area contributed by atoms with Crippen LogP contribution in [0.4, 0.5) is 0 Å². The number of hydrogen-bond donors (Lipinski definition) is 1. The van der Waals surface area contributed by atoms with Gasteiger partial charge in [-0.3, -0.25) is 4.79 Å². The first-order chi connectivity index (χ1) is 12.1. The number of amides is 1. The van der Waals surface area contributed by atoms with Crippen molar-refractivity contribution in [2.45, 2.75) is 6.04 Å². The number of benzene rings is 2. The minimum Gasteiger partial charge on any atom is -0.484 e. The Labute approximate surface area is 154 Å². The molecule has 1 N–H and O–H groups in total. The summed E-state index contributed by atoms with van der Waals surface area (Å²) in [4.78, 5) is 16.8. The minimum atomic E-state index is -0.334. The molecule has 0 aliphatic rings. The maximum absolute atomic E-state index is 12.4. The summed E-state index contributed by atoms with van der Waals surface area (Å²) in [6, 6.07) is 16.8. The van der Waals surface area contributed by atoms with E-state index in [9.17, 15) is 4.79 Å². The Morgan fingerprint density at radius 3 is 2.72 bits per heavy atom. The van der Waals surface area contributed by atoms with Gasteiger partial charge in [0, 0.05) is 23.9 Å². The van der Waals surface area contributed by atoms with Gasteiger partial charge in [-0.2, -0.15) is 0 Å². The van der Waals surface area contributed by atoms with Gasteiger partial charge in [-0.15, -0.1) is 0 Å². The highest BCUT2D eigenvalue weighted by Crippen LogP contribution is 2.21. The molecule has 0 fully saturated rings. The molecule has 25 heavy (non-hydrogen) atoms. The molecule has 0 aliphatic heterocycles. The number of nitrogens with one attached hydrogen (secondary N) is 1. The van der Waals surface area contributed by atoms with Crippen LogP contribution in [-0.2, 0) is 11.8 Å². The van der Waals surface area contributed by atoms with Gasteiger partial charge in [-0.25, -0.2) is 4.98 Å². The van der Waals surface area contributed by atoms with Crippen LogP contribution in [-0.4, -0.2) is 22.1 Å². The van der Waals surface area contributed by atoms with Gasteiger partial charge < -0.3 is 14.6 Å². The molecule has 5 nitrogen and oxygen atoms in total. The molecule has 6 heteroatoms. The molecule has 1 aromatic heterocycles. The Hall–Kier alpha value is -2.60. The van der Waals surface area contributed by atoms with Crippen molar-refractivity contribution in [3.63, 3.8) is 0 Å². The molecule has 1 unspecified atom stereocenters. The number of halogens is 1. The average Bonchev–Trinajstić information content (AvgIpc) is 3.04. The summed E-state index contributed by atoms with van der Waals surface area (Å²) in [5.41, 5.74) is 0.965. The van der Waals surface area contributed by atoms with E-state index in [1.54, 1.807) is 6.20 Å². The molecule has 3 rings (SSSR count). The third-order valence-corrected chi connectivity index (χ3v) is 4.21. The van der Waals surface area contributed by atoms with Crippen molar-refractivity contribution < 1.29 is 9.53 Å². The lowest BCUT2D eigenvalue weighted by atomic mass is 10.1. The first-order valence-electron chi connectivity index (χ1n) is 7.83. The maximum Gasteiger partial charge on any atom is 0.258 e. The van der Waals surface area contributed by atoms with Crippen molar-refractivity contribution in [3.8, 4) is 5.75 Å². The zero-order valence-corrected chi connectivity index (χ0v) is 15.3. The second kappa shape index (κ2) is 7.98. The van der Waals surface area contributed by atoms with Gasteiger partial charge >= 0.3 is 0 Å². The number of nitrogens with zero attached hydrogens (tertiary/aromatic N) is 2. The summed E-state index contributed by atoms with van der Waals surface area (Å²) in [5, 5.41) is 3.00. The SMILES string of the molecule is Cn1ccnc1C(NC(=O)COc1cccc(Br)c1)c1ccccc1. The smallest absolute Gasteiger partial charge is 0.258 e. The third-order valence-electron chi connectivity index (χ3n) is 3.72. The number of ether oxygens (including phenoxy) is 1. The average molecular weight is 400 g/mol. The molecule has 0 radical (unpaired) electrons. The second-order valence-electron chi connectivity index (χ2n) is 5.55. The highest BCUT2D eigenvalue weighted by molar-refractivity contribution is 9.10. The number of aryl methyl sites for hydroxylation is 1. The Morgan fingerprint density at radius 2 is 2.04 bits per heavy atom. The molecule has 2 aromatic carbocycles. The quantitative estimate of drug-likeness (QED) is 0.690. The van der Waals surface area contributed by atoms with E-state index >= 15 is 0 Å². The fourth-order valence-electron chi connectivity index (χ4n) is 2.51. The Bertz CT molecular complexity index is 849. The maximum atomic E-state index is 12.4. The first-order valence-corrected chi connectivity index (χ1v) is 8.62. The number of hydrogen-bond acceptors (Lipinski definition) is 3. The van der Waals surface area contributed by atoms with Crippen LogP contribution in [0.25, 0.3) is 0 Å². The van der Waals surface area contributed by atoms with E-state index in [-0.39, 0.29) is 18.6 Å². The van der Waals surface area contributed by atoms with Gasteiger partial charge in [0.15, 0.2) is 6.61 Å². The predicted molar refractivity (Wildman–Crippen MR) is 99.3 cm³/mol. The standard InChI is InChI=1S/C19H18BrN3O2/c1-23-11-10-21-19(23)18(14-6-3-2-4-7-14)22-17(24)13-25-16-9-5-8-15(20)12-16/h2-12,18H,13H2,1H3,(H,22,24). The molecule has 0 saturated carbocycles. The fraction of sp³-hybridized carbons (Fsp3) is 0.158. The van der Waals surface area contributed by atoms with Crippen LogP contribution >= 0.6 is 15.9 Å². The largest absolute Gasteiger partial charge is 0.484 e. The Kier molecular flexibility index (Phi) is 5.50. The topological polar surface area (TPSA) is 56.2 Å². The zero-order valence-electron chi connectivity index (χ0n) is 13.7. The molecule has 0 saturated heterocycles. The lowest BCUT2D eigenvalue weighted by molar-refractivity contribution is -0.123. The summed E-state index contributed by atoms with van der Waals surface area (Å²) in [5.74, 6) is 1.19. The highest BCUT2D eigenvalue weighted by Gasteiger charge is 2.20. The van der Waals surface area contributed by atoms with Crippen molar-refractivity contribution in [1.82, 2.24) is 14.9 Å². The molecular weight excluding hydrogens is 382 g/mol. The van der Waals surface area contributed by atoms with Gasteiger partial charge in [0.2, 0.25) is 0 Å². The van der Waals surface area contributed by atoms with Crippen LogP contribution in [0, 0.1) is 0 Å². The van der Waals surface area contributed by atoms with Gasteiger partial charge in [0.1, 0.15) is 17.6 Å². The number of carbonyl (C=O) groups excluding carboxylic acids is 1. The minimum absolute atomic E-state index is 0.0653. The molecule has 128 valence electrons. The number of imidazole rings is 1. The summed E-state index contributed by atoms with van der Waals surface area (Å²) >= 11 is 3.38. The van der Waals surface area contributed by atoms with Crippen molar-refractivity contribution in [2.75, 3.05) is 6.61 Å². The normalized spacial score (nSPS) is 11.8. The molecule has 0 bridgehead atoms. The lowest BCUT2D eigenvalue weighted by Crippen LogP contribution is -2.34. The fourth-order valence-corrected chi connectivity index (χ4v) is 2.88. The second-order valence-corrected chi connectivity index (χ2v) is 6.47. The van der Waals surface area contributed by atoms with Crippen LogP contribution < -0.4 is 10.1 Å². The number of aromatic nitrogens is 2. The van der Waals surface area contributed by atoms with Gasteiger partial charge in [0.25, 0.3) is 5.91 Å². The van der Waals surface area contributed by atoms with Crippen LogP contribution in [0.15, 0.2) is 71.5 Å². The van der Waals surface area contributed by atoms with Crippen LogP contribution in [0.1, 0.15) is 17.4 Å². The molecule has 0 aliphatic carbocycles. The monoisotopic (exact) mass is 399 g/mol. The van der Waals surface area contributed by atoms with Crippen LogP contribution in [0.5, 0.6) is 5.75 Å². The molecule has 0 spiro atoms. The van der Waals surface area contributed by atoms with E-state index in [0.717, 1.165) is 15.9 Å². The van der Waals surface area contributed by atoms with Crippen LogP contribution in [0.3, 0.4) is 0 Å². The Balaban J connectivity index is 1.72. The summed E-state index contributed by atoms with van der Waals surface area (Å²) < 4.78 is 8.36. The van der Waals surface area contributed by atoms with E-state index in [0.29, 0.717) is 5.75 Å². The van der Waals surface area contributed by atoms with E-state index < -0.39 is 0 Å². The molecule has 3 aromatic rings. The van der Waals surface area contributed by atoms with E-state index in [4.69, 9.17) is 4.74 Å². The third kappa shape index (κ3) is 4.48. The summed E-state index contributed by atoms with van der Waals surface area (Å²) in [6.07, 6.45) is 3.57. The lowest BCUT2D eigenvalue weighted by Gasteiger charge is -2.19. The zero-order chi connectivity index (χ0) is 17.6. The van der Waals surface area contributed by atoms with Crippen molar-refractivity contribution in [1.29, 1.82) is 0 Å². The summed E-state index contributed by atoms with van der Waals surface area (Å²) in [6.45, 7) is -0.0653. The molecule has 1 amide bonds. The molecule has 1 atom stereocenters. The highest BCUT2D eigenvalue weighted by atomic mass is 79.9. The van der Waals surface area contributed by atoms with Gasteiger partial charge in [0.05, 0.1) is 0 Å². The van der Waals surface area contributed by atoms with Gasteiger partial charge in [-0.05, 0) is 23.8 Å². The predicted octanol–water partition coefficient (Wildman–Crippen LogP) is 3.47. The van der Waals surface area contributed by atoms with Crippen molar-refractivity contribution >= 4 is 21.8 Å². The summed E-state index contributed by atoms with van der Waals surface area (Å²) in [7, 11) is 1.91. The number of rotatable bonds is 6. The Morgan fingerprint density at radius 1 is 1.24 bits per heavy atom. The van der Waals surface area contributed by atoms with Crippen LogP contribution in [0.2, 0.25) is 0 Å². The molecular formula is C19H18BrN3O2. The van der Waals surface area contributed by atoms with E-state index in [1.165, 1.54) is 0 Å². The van der Waals surface area contributed by atoms with E-state index in [1.807, 2.05) is 72.4 Å². The van der Waals surface area contributed by atoms with Crippen molar-refractivity contribution in [3.05, 3.63) is 82.9 Å². The van der Waals surface area contributed by atoms with Gasteiger partial charge in [-0.1, -0.05) is 52.3 Å².